The molecule has 4 aromatic carbocycles. The van der Waals surface area contributed by atoms with Crippen LogP contribution in [-0.4, -0.2) is 87.9 Å². The first-order valence-electron chi connectivity index (χ1n) is 16.6. The van der Waals surface area contributed by atoms with Gasteiger partial charge in [0.15, 0.2) is 0 Å². The number of ether oxygens (including phenoxy) is 1. The molecule has 2 saturated heterocycles. The zero-order valence-electron chi connectivity index (χ0n) is 28.1. The Morgan fingerprint density at radius 2 is 1.56 bits per heavy atom. The number of fused-ring (bicyclic) bond motifs is 1. The number of carbonyl (C=O) groups excluding carboxylic acids is 1. The van der Waals surface area contributed by atoms with Gasteiger partial charge in [0.05, 0.1) is 0 Å². The molecule has 2 aliphatic rings. The molecule has 0 saturated carbocycles. The summed E-state index contributed by atoms with van der Waals surface area (Å²) in [6, 6.07) is 24.9. The van der Waals surface area contributed by atoms with E-state index in [1.54, 1.807) is 12.1 Å². The third-order valence-electron chi connectivity index (χ3n) is 8.17. The number of anilines is 1. The number of carbonyl (C=O) groups is 1. The van der Waals surface area contributed by atoms with Gasteiger partial charge in [0.1, 0.15) is 23.4 Å². The quantitative estimate of drug-likeness (QED) is 0.0994. The van der Waals surface area contributed by atoms with Gasteiger partial charge in [-0.2, -0.15) is 0 Å². The van der Waals surface area contributed by atoms with Crippen molar-refractivity contribution in [3.8, 4) is 22.6 Å². The fraction of sp³-hybridized carbons (Fsp3) is 0.395. The van der Waals surface area contributed by atoms with E-state index >= 15 is 0 Å². The number of rotatable bonds is 11. The van der Waals surface area contributed by atoms with E-state index in [4.69, 9.17) is 14.9 Å². The molecule has 0 spiro atoms. The number of aliphatic hydroxyl groups is 2. The van der Waals surface area contributed by atoms with Crippen LogP contribution in [0.1, 0.15) is 31.2 Å². The summed E-state index contributed by atoms with van der Waals surface area (Å²) in [6.45, 7) is 6.32. The first-order valence-corrected chi connectivity index (χ1v) is 16.6. The maximum absolute atomic E-state index is 14.5. The van der Waals surface area contributed by atoms with E-state index in [0.29, 0.717) is 38.0 Å². The fourth-order valence-corrected chi connectivity index (χ4v) is 5.76. The Balaban J connectivity index is 0.000000617. The van der Waals surface area contributed by atoms with Crippen molar-refractivity contribution in [2.75, 3.05) is 64.9 Å². The Kier molecular flexibility index (Phi) is 17.2. The highest BCUT2D eigenvalue weighted by Gasteiger charge is 2.17. The number of hydrogen-bond acceptors (Lipinski definition) is 8. The third-order valence-corrected chi connectivity index (χ3v) is 8.17. The predicted octanol–water partition coefficient (Wildman–Crippen LogP) is 4.86. The van der Waals surface area contributed by atoms with Crippen LogP contribution in [0.3, 0.4) is 0 Å². The zero-order chi connectivity index (χ0) is 34.6. The van der Waals surface area contributed by atoms with Crippen LogP contribution in [0.4, 0.5) is 10.1 Å². The van der Waals surface area contributed by atoms with E-state index in [9.17, 15) is 14.3 Å². The monoisotopic (exact) mass is 662 g/mol. The number of nitrogens with one attached hydrogen (secondary N) is 3. The highest BCUT2D eigenvalue weighted by Crippen LogP contribution is 2.33. The van der Waals surface area contributed by atoms with Crippen LogP contribution in [0.5, 0.6) is 11.5 Å². The first kappa shape index (κ1) is 38.2. The standard InChI is InChI=1S/C32H34FN3O3.C4H9N.2CH4O/c33-27-19-28(36-15-13-34-14-16-36)21-30(20-27)39-29(11-12-35-22-37)9-5-23-6-10-32(38)31(17-23)26-8-7-24-3-1-2-4-25(24)18-26;1-2-4-5-3-1;2*1-2/h1-4,6-8,10,17-22,29,34,38H,5,9,11-16H2,(H,35,37);5H,1-4H2;2*2H,1H3. The van der Waals surface area contributed by atoms with E-state index in [1.807, 2.05) is 36.4 Å². The van der Waals surface area contributed by atoms with Crippen LogP contribution in [-0.2, 0) is 11.2 Å². The molecule has 1 amide bonds. The van der Waals surface area contributed by atoms with Gasteiger partial charge in [-0.1, -0.05) is 42.5 Å². The second-order valence-electron chi connectivity index (χ2n) is 11.4. The van der Waals surface area contributed by atoms with Gasteiger partial charge >= 0.3 is 0 Å². The van der Waals surface area contributed by atoms with Gasteiger partial charge in [-0.3, -0.25) is 4.79 Å². The molecule has 4 aromatic rings. The minimum Gasteiger partial charge on any atom is -0.507 e. The number of aliphatic hydroxyl groups excluding tert-OH is 2. The normalized spacial score (nSPS) is 14.3. The Morgan fingerprint density at radius 1 is 0.854 bits per heavy atom. The summed E-state index contributed by atoms with van der Waals surface area (Å²) in [5.74, 6) is 0.392. The first-order chi connectivity index (χ1) is 23.6. The van der Waals surface area contributed by atoms with Gasteiger partial charge < -0.3 is 40.9 Å². The highest BCUT2D eigenvalue weighted by atomic mass is 19.1. The molecule has 0 bridgehead atoms. The van der Waals surface area contributed by atoms with Crippen molar-refractivity contribution in [2.45, 2.75) is 38.2 Å². The summed E-state index contributed by atoms with van der Waals surface area (Å²) in [5.41, 5.74) is 3.61. The van der Waals surface area contributed by atoms with Crippen LogP contribution >= 0.6 is 0 Å². The number of amides is 1. The zero-order valence-corrected chi connectivity index (χ0v) is 28.1. The lowest BCUT2D eigenvalue weighted by molar-refractivity contribution is -0.109. The van der Waals surface area contributed by atoms with E-state index in [2.05, 4.69) is 45.1 Å². The molecule has 260 valence electrons. The Bertz CT molecular complexity index is 1500. The summed E-state index contributed by atoms with van der Waals surface area (Å²) in [6.07, 6.45) is 5.19. The lowest BCUT2D eigenvalue weighted by Crippen LogP contribution is -2.43. The minimum atomic E-state index is -0.329. The number of aryl methyl sites for hydroxylation is 1. The van der Waals surface area contributed by atoms with Crippen LogP contribution in [0.15, 0.2) is 78.9 Å². The maximum atomic E-state index is 14.5. The molecule has 1 atom stereocenters. The molecule has 6 N–H and O–H groups in total. The Labute approximate surface area is 283 Å². The van der Waals surface area contributed by atoms with Crippen LogP contribution in [0.2, 0.25) is 0 Å². The second-order valence-corrected chi connectivity index (χ2v) is 11.4. The lowest BCUT2D eigenvalue weighted by Gasteiger charge is -2.30. The van der Waals surface area contributed by atoms with E-state index in [0.717, 1.165) is 73.5 Å². The molecule has 6 rings (SSSR count). The summed E-state index contributed by atoms with van der Waals surface area (Å²) in [5, 5.41) is 36.1. The molecule has 2 fully saturated rings. The van der Waals surface area contributed by atoms with Crippen molar-refractivity contribution in [3.63, 3.8) is 0 Å². The van der Waals surface area contributed by atoms with Gasteiger partial charge in [-0.15, -0.1) is 0 Å². The molecule has 0 aromatic heterocycles. The van der Waals surface area contributed by atoms with Gasteiger partial charge in [0.2, 0.25) is 6.41 Å². The summed E-state index contributed by atoms with van der Waals surface area (Å²) < 4.78 is 20.8. The number of hydrogen-bond donors (Lipinski definition) is 6. The van der Waals surface area contributed by atoms with Crippen molar-refractivity contribution < 1.29 is 29.2 Å². The number of phenols is 1. The molecule has 0 radical (unpaired) electrons. The SMILES string of the molecule is C1CCNC1.CO.CO.O=CNCCC(CCc1ccc(O)c(-c2ccc3ccccc3c2)c1)Oc1cc(F)cc(N2CCNCC2)c1. The molecule has 10 heteroatoms. The largest absolute Gasteiger partial charge is 0.507 e. The summed E-state index contributed by atoms with van der Waals surface area (Å²) >= 11 is 0. The molecule has 48 heavy (non-hydrogen) atoms. The molecular formula is C38H51FN4O5. The summed E-state index contributed by atoms with van der Waals surface area (Å²) in [7, 11) is 2.00. The third kappa shape index (κ3) is 12.1. The number of nitrogens with zero attached hydrogens (tertiary/aromatic N) is 1. The molecule has 2 heterocycles. The van der Waals surface area contributed by atoms with Gasteiger partial charge in [0, 0.05) is 76.7 Å². The number of piperazine rings is 1. The van der Waals surface area contributed by atoms with Gasteiger partial charge in [-0.05, 0) is 84.9 Å². The minimum absolute atomic E-state index is 0.229. The highest BCUT2D eigenvalue weighted by molar-refractivity contribution is 5.88. The second kappa shape index (κ2) is 21.6. The number of phenolic OH excluding ortho intramolecular Hbond substituents is 1. The topological polar surface area (TPSA) is 126 Å². The average molecular weight is 663 g/mol. The molecule has 9 nitrogen and oxygen atoms in total. The van der Waals surface area contributed by atoms with Crippen molar-refractivity contribution in [3.05, 3.63) is 90.2 Å². The number of aromatic hydroxyl groups is 1. The maximum Gasteiger partial charge on any atom is 0.207 e. The number of halogens is 1. The smallest absolute Gasteiger partial charge is 0.207 e. The fourth-order valence-electron chi connectivity index (χ4n) is 5.76. The molecule has 2 aliphatic heterocycles. The predicted molar refractivity (Wildman–Crippen MR) is 192 cm³/mol. The van der Waals surface area contributed by atoms with Crippen molar-refractivity contribution in [1.82, 2.24) is 16.0 Å². The van der Waals surface area contributed by atoms with Gasteiger partial charge in [-0.25, -0.2) is 4.39 Å². The lowest BCUT2D eigenvalue weighted by atomic mass is 9.96. The molecule has 1 unspecified atom stereocenters. The number of benzene rings is 4. The Morgan fingerprint density at radius 3 is 2.25 bits per heavy atom. The molecule has 0 aliphatic carbocycles. The average Bonchev–Trinajstić information content (AvgIpc) is 3.74. The van der Waals surface area contributed by atoms with E-state index in [1.165, 1.54) is 32.0 Å². The van der Waals surface area contributed by atoms with Gasteiger partial charge in [0.25, 0.3) is 0 Å². The Hall–Kier alpha value is -4.22. The van der Waals surface area contributed by atoms with Crippen LogP contribution in [0.25, 0.3) is 21.9 Å². The van der Waals surface area contributed by atoms with E-state index < -0.39 is 0 Å². The van der Waals surface area contributed by atoms with Crippen molar-refractivity contribution in [1.29, 1.82) is 0 Å². The van der Waals surface area contributed by atoms with Crippen LogP contribution < -0.4 is 25.6 Å². The summed E-state index contributed by atoms with van der Waals surface area (Å²) in [4.78, 5) is 13.0. The molecular weight excluding hydrogens is 611 g/mol. The van der Waals surface area contributed by atoms with Crippen molar-refractivity contribution >= 4 is 22.9 Å². The van der Waals surface area contributed by atoms with Crippen molar-refractivity contribution in [2.24, 2.45) is 0 Å². The van der Waals surface area contributed by atoms with E-state index in [-0.39, 0.29) is 17.7 Å². The van der Waals surface area contributed by atoms with Crippen LogP contribution in [0, 0.1) is 5.82 Å².